The lowest BCUT2D eigenvalue weighted by molar-refractivity contribution is -0.0437. The van der Waals surface area contributed by atoms with Gasteiger partial charge in [0.05, 0.1) is 12.2 Å². The van der Waals surface area contributed by atoms with E-state index in [4.69, 9.17) is 4.74 Å². The molecule has 1 aromatic heterocycles. The molecule has 6 nitrogen and oxygen atoms in total. The zero-order valence-corrected chi connectivity index (χ0v) is 14.4. The standard InChI is InChI=1S/C17H28N4O2/c1-12-9-15(10-13(2)23-12)19-14-5-4-7-21(11-14)16-17(22)20(3)8-6-18-16/h6,8,12-15,19H,4-5,7,9-11H2,1-3H3. The van der Waals surface area contributed by atoms with Gasteiger partial charge in [-0.2, -0.15) is 0 Å². The fourth-order valence-corrected chi connectivity index (χ4v) is 3.88. The molecule has 2 aliphatic rings. The van der Waals surface area contributed by atoms with Crippen LogP contribution in [0.3, 0.4) is 0 Å². The maximum atomic E-state index is 12.3. The van der Waals surface area contributed by atoms with Gasteiger partial charge in [0.25, 0.3) is 5.56 Å². The van der Waals surface area contributed by atoms with Crippen molar-refractivity contribution in [1.82, 2.24) is 14.9 Å². The largest absolute Gasteiger partial charge is 0.375 e. The Kier molecular flexibility index (Phi) is 5.02. The van der Waals surface area contributed by atoms with Crippen LogP contribution in [0.4, 0.5) is 5.82 Å². The van der Waals surface area contributed by atoms with Crippen molar-refractivity contribution in [2.45, 2.75) is 63.8 Å². The van der Waals surface area contributed by atoms with Crippen molar-refractivity contribution in [3.63, 3.8) is 0 Å². The third-order valence-electron chi connectivity index (χ3n) is 4.89. The Morgan fingerprint density at radius 3 is 2.74 bits per heavy atom. The number of ether oxygens (including phenoxy) is 1. The smallest absolute Gasteiger partial charge is 0.293 e. The topological polar surface area (TPSA) is 59.4 Å². The van der Waals surface area contributed by atoms with E-state index < -0.39 is 0 Å². The molecule has 6 heteroatoms. The first-order valence-corrected chi connectivity index (χ1v) is 8.71. The molecule has 1 aromatic rings. The summed E-state index contributed by atoms with van der Waals surface area (Å²) < 4.78 is 7.42. The average Bonchev–Trinajstić information content (AvgIpc) is 2.49. The molecule has 3 unspecified atom stereocenters. The van der Waals surface area contributed by atoms with Crippen LogP contribution in [0.1, 0.15) is 39.5 Å². The first-order valence-electron chi connectivity index (χ1n) is 8.71. The highest BCUT2D eigenvalue weighted by Crippen LogP contribution is 2.21. The number of hydrogen-bond donors (Lipinski definition) is 1. The van der Waals surface area contributed by atoms with E-state index in [-0.39, 0.29) is 5.56 Å². The van der Waals surface area contributed by atoms with Crippen LogP contribution < -0.4 is 15.8 Å². The fourth-order valence-electron chi connectivity index (χ4n) is 3.88. The van der Waals surface area contributed by atoms with Gasteiger partial charge >= 0.3 is 0 Å². The van der Waals surface area contributed by atoms with Crippen LogP contribution in [0.15, 0.2) is 17.2 Å². The number of anilines is 1. The van der Waals surface area contributed by atoms with Gasteiger partial charge < -0.3 is 19.5 Å². The molecule has 2 fully saturated rings. The van der Waals surface area contributed by atoms with E-state index >= 15 is 0 Å². The molecular weight excluding hydrogens is 292 g/mol. The molecule has 128 valence electrons. The van der Waals surface area contributed by atoms with Gasteiger partial charge in [-0.15, -0.1) is 0 Å². The minimum Gasteiger partial charge on any atom is -0.375 e. The second-order valence-electron chi connectivity index (χ2n) is 7.04. The Bertz CT molecular complexity index is 578. The number of piperidine rings is 1. The van der Waals surface area contributed by atoms with Crippen LogP contribution >= 0.6 is 0 Å². The van der Waals surface area contributed by atoms with Crippen molar-refractivity contribution in [3.05, 3.63) is 22.7 Å². The highest BCUT2D eigenvalue weighted by atomic mass is 16.5. The van der Waals surface area contributed by atoms with Gasteiger partial charge in [-0.3, -0.25) is 4.79 Å². The maximum Gasteiger partial charge on any atom is 0.293 e. The highest BCUT2D eigenvalue weighted by molar-refractivity contribution is 5.36. The normalized spacial score (nSPS) is 32.0. The minimum absolute atomic E-state index is 0.0125. The summed E-state index contributed by atoms with van der Waals surface area (Å²) in [6, 6.07) is 0.920. The van der Waals surface area contributed by atoms with Crippen molar-refractivity contribution in [2.75, 3.05) is 18.0 Å². The lowest BCUT2D eigenvalue weighted by Crippen LogP contribution is -2.53. The van der Waals surface area contributed by atoms with E-state index in [1.165, 1.54) is 0 Å². The van der Waals surface area contributed by atoms with Gasteiger partial charge in [-0.25, -0.2) is 4.98 Å². The number of rotatable bonds is 3. The number of nitrogens with zero attached hydrogens (tertiary/aromatic N) is 3. The van der Waals surface area contributed by atoms with Gasteiger partial charge in [0.15, 0.2) is 5.82 Å². The van der Waals surface area contributed by atoms with Crippen molar-refractivity contribution in [3.8, 4) is 0 Å². The lowest BCUT2D eigenvalue weighted by atomic mass is 9.97. The summed E-state index contributed by atoms with van der Waals surface area (Å²) in [5.74, 6) is 0.579. The van der Waals surface area contributed by atoms with E-state index in [1.54, 1.807) is 24.0 Å². The molecule has 0 aliphatic carbocycles. The molecule has 2 aliphatic heterocycles. The zero-order chi connectivity index (χ0) is 16.4. The quantitative estimate of drug-likeness (QED) is 0.909. The van der Waals surface area contributed by atoms with E-state index in [0.29, 0.717) is 30.1 Å². The first-order chi connectivity index (χ1) is 11.0. The van der Waals surface area contributed by atoms with Crippen LogP contribution in [0, 0.1) is 0 Å². The van der Waals surface area contributed by atoms with Crippen LogP contribution in [0.25, 0.3) is 0 Å². The Balaban J connectivity index is 1.64. The molecular formula is C17H28N4O2. The maximum absolute atomic E-state index is 12.3. The zero-order valence-electron chi connectivity index (χ0n) is 14.4. The number of aryl methyl sites for hydroxylation is 1. The SMILES string of the molecule is CC1CC(NC2CCCN(c3nccn(C)c3=O)C2)CC(C)O1. The number of aromatic nitrogens is 2. The summed E-state index contributed by atoms with van der Waals surface area (Å²) in [4.78, 5) is 18.7. The second kappa shape index (κ2) is 7.01. The van der Waals surface area contributed by atoms with Crippen molar-refractivity contribution >= 4 is 5.82 Å². The third-order valence-corrected chi connectivity index (χ3v) is 4.89. The molecule has 3 rings (SSSR count). The molecule has 0 amide bonds. The molecule has 0 aromatic carbocycles. The summed E-state index contributed by atoms with van der Waals surface area (Å²) in [6.07, 6.45) is 8.41. The van der Waals surface area contributed by atoms with Gasteiger partial charge in [-0.1, -0.05) is 0 Å². The van der Waals surface area contributed by atoms with E-state index in [2.05, 4.69) is 29.0 Å². The monoisotopic (exact) mass is 320 g/mol. The molecule has 0 saturated carbocycles. The van der Waals surface area contributed by atoms with Crippen LogP contribution in [-0.4, -0.2) is 46.9 Å². The van der Waals surface area contributed by atoms with E-state index in [9.17, 15) is 4.79 Å². The highest BCUT2D eigenvalue weighted by Gasteiger charge is 2.29. The van der Waals surface area contributed by atoms with E-state index in [0.717, 1.165) is 38.8 Å². The third kappa shape index (κ3) is 3.93. The molecule has 0 radical (unpaired) electrons. The number of nitrogens with one attached hydrogen (secondary N) is 1. The van der Waals surface area contributed by atoms with Gasteiger partial charge in [0.1, 0.15) is 0 Å². The Hall–Kier alpha value is -1.40. The predicted octanol–water partition coefficient (Wildman–Crippen LogP) is 1.29. The second-order valence-corrected chi connectivity index (χ2v) is 7.04. The molecule has 1 N–H and O–H groups in total. The lowest BCUT2D eigenvalue weighted by Gasteiger charge is -2.39. The Morgan fingerprint density at radius 2 is 2.00 bits per heavy atom. The van der Waals surface area contributed by atoms with Gasteiger partial charge in [0.2, 0.25) is 0 Å². The van der Waals surface area contributed by atoms with Crippen LogP contribution in [-0.2, 0) is 11.8 Å². The molecule has 23 heavy (non-hydrogen) atoms. The summed E-state index contributed by atoms with van der Waals surface area (Å²) in [5, 5.41) is 3.79. The molecule has 0 bridgehead atoms. The van der Waals surface area contributed by atoms with Crippen molar-refractivity contribution in [2.24, 2.45) is 7.05 Å². The number of hydrogen-bond acceptors (Lipinski definition) is 5. The van der Waals surface area contributed by atoms with Crippen LogP contribution in [0.2, 0.25) is 0 Å². The van der Waals surface area contributed by atoms with Crippen molar-refractivity contribution in [1.29, 1.82) is 0 Å². The summed E-state index contributed by atoms with van der Waals surface area (Å²) in [7, 11) is 1.78. The molecule has 0 spiro atoms. The average molecular weight is 320 g/mol. The molecule has 3 atom stereocenters. The summed E-state index contributed by atoms with van der Waals surface area (Å²) >= 11 is 0. The van der Waals surface area contributed by atoms with Crippen molar-refractivity contribution < 1.29 is 4.74 Å². The van der Waals surface area contributed by atoms with Gasteiger partial charge in [0, 0.05) is 44.6 Å². The minimum atomic E-state index is -0.0125. The first kappa shape index (κ1) is 16.5. The summed E-state index contributed by atoms with van der Waals surface area (Å²) in [5.41, 5.74) is -0.0125. The van der Waals surface area contributed by atoms with Crippen LogP contribution in [0.5, 0.6) is 0 Å². The molecule has 3 heterocycles. The van der Waals surface area contributed by atoms with Gasteiger partial charge in [-0.05, 0) is 39.5 Å². The summed E-state index contributed by atoms with van der Waals surface area (Å²) in [6.45, 7) is 6.06. The molecule has 2 saturated heterocycles. The Morgan fingerprint density at radius 1 is 1.26 bits per heavy atom. The Labute approximate surface area is 137 Å². The fraction of sp³-hybridized carbons (Fsp3) is 0.765. The predicted molar refractivity (Wildman–Crippen MR) is 90.9 cm³/mol. The van der Waals surface area contributed by atoms with E-state index in [1.807, 2.05) is 0 Å².